The van der Waals surface area contributed by atoms with Crippen LogP contribution in [0.2, 0.25) is 5.15 Å². The van der Waals surface area contributed by atoms with Gasteiger partial charge < -0.3 is 10.0 Å². The second-order valence-electron chi connectivity index (χ2n) is 6.47. The van der Waals surface area contributed by atoms with Gasteiger partial charge in [0, 0.05) is 13.1 Å². The number of carboxylic acids is 1. The first-order valence-electron chi connectivity index (χ1n) is 6.93. The van der Waals surface area contributed by atoms with Gasteiger partial charge in [-0.2, -0.15) is 0 Å². The number of carbonyl (C=O) groups is 1. The molecule has 1 aliphatic heterocycles. The molecule has 0 bridgehead atoms. The molecule has 0 saturated carbocycles. The van der Waals surface area contributed by atoms with Crippen molar-refractivity contribution in [2.75, 3.05) is 18.0 Å². The van der Waals surface area contributed by atoms with Crippen molar-refractivity contribution in [3.05, 3.63) is 22.8 Å². The molecule has 110 valence electrons. The molecule has 0 radical (unpaired) electrons. The summed E-state index contributed by atoms with van der Waals surface area (Å²) in [7, 11) is 0. The zero-order valence-corrected chi connectivity index (χ0v) is 12.9. The molecule has 1 saturated heterocycles. The van der Waals surface area contributed by atoms with Crippen molar-refractivity contribution in [1.29, 1.82) is 0 Å². The van der Waals surface area contributed by atoms with E-state index in [9.17, 15) is 4.79 Å². The maximum absolute atomic E-state index is 11.1. The van der Waals surface area contributed by atoms with Crippen LogP contribution in [0, 0.1) is 11.3 Å². The van der Waals surface area contributed by atoms with Gasteiger partial charge in [-0.25, -0.2) is 9.78 Å². The quantitative estimate of drug-likeness (QED) is 0.846. The summed E-state index contributed by atoms with van der Waals surface area (Å²) in [5, 5.41) is 9.31. The number of halogens is 1. The molecule has 1 aliphatic rings. The highest BCUT2D eigenvalue weighted by Crippen LogP contribution is 2.35. The fraction of sp³-hybridized carbons (Fsp3) is 0.600. The Bertz CT molecular complexity index is 503. The Hall–Kier alpha value is -1.29. The Morgan fingerprint density at radius 1 is 1.35 bits per heavy atom. The van der Waals surface area contributed by atoms with Crippen LogP contribution in [0.1, 0.15) is 44.0 Å². The van der Waals surface area contributed by atoms with E-state index in [2.05, 4.69) is 30.7 Å². The second-order valence-corrected chi connectivity index (χ2v) is 6.86. The number of hydrogen-bond acceptors (Lipinski definition) is 3. The normalized spacial score (nSPS) is 17.3. The zero-order chi connectivity index (χ0) is 14.9. The fourth-order valence-corrected chi connectivity index (χ4v) is 2.95. The molecule has 1 fully saturated rings. The number of aromatic carboxylic acids is 1. The Morgan fingerprint density at radius 3 is 2.45 bits per heavy atom. The smallest absolute Gasteiger partial charge is 0.335 e. The monoisotopic (exact) mass is 296 g/mol. The third kappa shape index (κ3) is 3.42. The van der Waals surface area contributed by atoms with Gasteiger partial charge in [-0.05, 0) is 36.3 Å². The van der Waals surface area contributed by atoms with Crippen LogP contribution in [0.4, 0.5) is 5.82 Å². The first kappa shape index (κ1) is 15.1. The molecule has 2 rings (SSSR count). The van der Waals surface area contributed by atoms with Crippen molar-refractivity contribution >= 4 is 23.4 Å². The first-order chi connectivity index (χ1) is 9.27. The lowest BCUT2D eigenvalue weighted by molar-refractivity contribution is 0.0697. The van der Waals surface area contributed by atoms with Gasteiger partial charge in [0.25, 0.3) is 0 Å². The van der Waals surface area contributed by atoms with Crippen molar-refractivity contribution in [2.45, 2.75) is 33.6 Å². The molecule has 0 aliphatic carbocycles. The van der Waals surface area contributed by atoms with Crippen molar-refractivity contribution in [1.82, 2.24) is 4.98 Å². The van der Waals surface area contributed by atoms with Gasteiger partial charge in [-0.15, -0.1) is 0 Å². The lowest BCUT2D eigenvalue weighted by Gasteiger charge is -2.39. The molecular formula is C15H21ClN2O2. The molecule has 4 nitrogen and oxygen atoms in total. The summed E-state index contributed by atoms with van der Waals surface area (Å²) in [6.07, 6.45) is 2.19. The van der Waals surface area contributed by atoms with E-state index in [1.807, 2.05) is 0 Å². The van der Waals surface area contributed by atoms with Gasteiger partial charge in [-0.1, -0.05) is 32.4 Å². The average Bonchev–Trinajstić information content (AvgIpc) is 2.37. The van der Waals surface area contributed by atoms with Gasteiger partial charge in [-0.3, -0.25) is 0 Å². The van der Waals surface area contributed by atoms with Crippen LogP contribution in [0.5, 0.6) is 0 Å². The topological polar surface area (TPSA) is 53.4 Å². The molecule has 5 heteroatoms. The van der Waals surface area contributed by atoms with Crippen LogP contribution in [0.25, 0.3) is 0 Å². The Morgan fingerprint density at radius 2 is 1.95 bits per heavy atom. The molecule has 0 unspecified atom stereocenters. The summed E-state index contributed by atoms with van der Waals surface area (Å²) in [6.45, 7) is 8.61. The average molecular weight is 297 g/mol. The second kappa shape index (κ2) is 5.60. The first-order valence-corrected chi connectivity index (χ1v) is 7.31. The van der Waals surface area contributed by atoms with Crippen LogP contribution in [0.15, 0.2) is 12.1 Å². The van der Waals surface area contributed by atoms with Gasteiger partial charge in [0.05, 0.1) is 5.56 Å². The standard InChI is InChI=1S/C15H21ClN2O2/c1-15(2,3)11-4-6-18(7-5-11)13-9-10(14(19)20)8-12(16)17-13/h8-9,11H,4-7H2,1-3H3,(H,19,20). The van der Waals surface area contributed by atoms with Crippen molar-refractivity contribution in [3.8, 4) is 0 Å². The van der Waals surface area contributed by atoms with E-state index in [0.717, 1.165) is 25.9 Å². The van der Waals surface area contributed by atoms with Crippen molar-refractivity contribution in [3.63, 3.8) is 0 Å². The number of pyridine rings is 1. The van der Waals surface area contributed by atoms with Crippen molar-refractivity contribution in [2.24, 2.45) is 11.3 Å². The number of aromatic nitrogens is 1. The molecular weight excluding hydrogens is 276 g/mol. The third-order valence-electron chi connectivity index (χ3n) is 4.07. The lowest BCUT2D eigenvalue weighted by atomic mass is 9.75. The molecule has 20 heavy (non-hydrogen) atoms. The summed E-state index contributed by atoms with van der Waals surface area (Å²) in [5.41, 5.74) is 0.512. The fourth-order valence-electron chi connectivity index (χ4n) is 2.74. The minimum absolute atomic E-state index is 0.193. The summed E-state index contributed by atoms with van der Waals surface area (Å²) < 4.78 is 0. The highest BCUT2D eigenvalue weighted by molar-refractivity contribution is 6.29. The Labute approximate surface area is 124 Å². The number of piperidine rings is 1. The molecule has 0 amide bonds. The van der Waals surface area contributed by atoms with Crippen LogP contribution < -0.4 is 4.90 Å². The Kier molecular flexibility index (Phi) is 4.23. The van der Waals surface area contributed by atoms with Crippen LogP contribution >= 0.6 is 11.6 Å². The largest absolute Gasteiger partial charge is 0.478 e. The predicted molar refractivity (Wildman–Crippen MR) is 80.6 cm³/mol. The van der Waals surface area contributed by atoms with E-state index >= 15 is 0 Å². The van der Waals surface area contributed by atoms with Crippen molar-refractivity contribution < 1.29 is 9.90 Å². The van der Waals surface area contributed by atoms with E-state index in [4.69, 9.17) is 16.7 Å². The van der Waals surface area contributed by atoms with E-state index in [1.165, 1.54) is 6.07 Å². The van der Waals surface area contributed by atoms with Gasteiger partial charge >= 0.3 is 5.97 Å². The predicted octanol–water partition coefficient (Wildman–Crippen LogP) is 3.70. The zero-order valence-electron chi connectivity index (χ0n) is 12.2. The minimum atomic E-state index is -0.972. The van der Waals surface area contributed by atoms with E-state index in [0.29, 0.717) is 17.2 Å². The molecule has 0 atom stereocenters. The molecule has 0 aromatic carbocycles. The molecule has 1 aromatic rings. The maximum atomic E-state index is 11.1. The van der Waals surface area contributed by atoms with E-state index in [1.54, 1.807) is 6.07 Å². The number of rotatable bonds is 2. The summed E-state index contributed by atoms with van der Waals surface area (Å²) >= 11 is 5.91. The molecule has 1 N–H and O–H groups in total. The third-order valence-corrected chi connectivity index (χ3v) is 4.26. The summed E-state index contributed by atoms with van der Waals surface area (Å²) in [4.78, 5) is 17.4. The van der Waals surface area contributed by atoms with Crippen LogP contribution in [-0.4, -0.2) is 29.1 Å². The number of nitrogens with zero attached hydrogens (tertiary/aromatic N) is 2. The maximum Gasteiger partial charge on any atom is 0.335 e. The highest BCUT2D eigenvalue weighted by atomic mass is 35.5. The van der Waals surface area contributed by atoms with Crippen LogP contribution in [-0.2, 0) is 0 Å². The SMILES string of the molecule is CC(C)(C)C1CCN(c2cc(C(=O)O)cc(Cl)n2)CC1. The van der Waals surface area contributed by atoms with E-state index < -0.39 is 5.97 Å². The summed E-state index contributed by atoms with van der Waals surface area (Å²) in [5.74, 6) is 0.388. The van der Waals surface area contributed by atoms with E-state index in [-0.39, 0.29) is 10.7 Å². The van der Waals surface area contributed by atoms with Gasteiger partial charge in [0.1, 0.15) is 11.0 Å². The Balaban J connectivity index is 2.13. The lowest BCUT2D eigenvalue weighted by Crippen LogP contribution is -2.38. The molecule has 1 aromatic heterocycles. The highest BCUT2D eigenvalue weighted by Gasteiger charge is 2.29. The van der Waals surface area contributed by atoms with Crippen LogP contribution in [0.3, 0.4) is 0 Å². The van der Waals surface area contributed by atoms with Gasteiger partial charge in [0.15, 0.2) is 0 Å². The number of carboxylic acid groups (broad SMARTS) is 1. The number of hydrogen-bond donors (Lipinski definition) is 1. The minimum Gasteiger partial charge on any atom is -0.478 e. The molecule has 0 spiro atoms. The summed E-state index contributed by atoms with van der Waals surface area (Å²) in [6, 6.07) is 2.99. The van der Waals surface area contributed by atoms with Gasteiger partial charge in [0.2, 0.25) is 0 Å². The molecule has 2 heterocycles. The number of anilines is 1.